The summed E-state index contributed by atoms with van der Waals surface area (Å²) in [5.74, 6) is 1.73. The molecule has 6 heteroatoms. The van der Waals surface area contributed by atoms with Crippen LogP contribution in [0.5, 0.6) is 0 Å². The minimum Gasteiger partial charge on any atom is -0.351 e. The molecule has 3 N–H and O–H groups in total. The molecule has 1 unspecified atom stereocenters. The molecular formula is C20H37N5O. The summed E-state index contributed by atoms with van der Waals surface area (Å²) < 4.78 is 0. The SMILES string of the molecule is CN1CCC(N2CCC(NC(=O)[C@@H]3C[C@H](C4CCNCC4)CN3)C2)CC1. The van der Waals surface area contributed by atoms with Crippen molar-refractivity contribution < 1.29 is 4.79 Å². The fourth-order valence-electron chi connectivity index (χ4n) is 5.54. The van der Waals surface area contributed by atoms with Crippen molar-refractivity contribution in [3.8, 4) is 0 Å². The van der Waals surface area contributed by atoms with Gasteiger partial charge in [-0.15, -0.1) is 0 Å². The Bertz CT molecular complexity index is 473. The smallest absolute Gasteiger partial charge is 0.237 e. The molecular weight excluding hydrogens is 326 g/mol. The summed E-state index contributed by atoms with van der Waals surface area (Å²) in [6.07, 6.45) is 7.24. The quantitative estimate of drug-likeness (QED) is 0.668. The molecule has 0 radical (unpaired) electrons. The first-order valence-electron chi connectivity index (χ1n) is 10.9. The van der Waals surface area contributed by atoms with E-state index in [9.17, 15) is 4.79 Å². The van der Waals surface area contributed by atoms with E-state index in [0.717, 1.165) is 57.5 Å². The Morgan fingerprint density at radius 3 is 2.54 bits per heavy atom. The third-order valence-corrected chi connectivity index (χ3v) is 7.30. The Labute approximate surface area is 158 Å². The number of rotatable bonds is 4. The molecule has 0 aliphatic carbocycles. The zero-order chi connectivity index (χ0) is 17.9. The minimum atomic E-state index is 0.0345. The van der Waals surface area contributed by atoms with Gasteiger partial charge in [-0.3, -0.25) is 9.69 Å². The van der Waals surface area contributed by atoms with E-state index in [1.54, 1.807) is 0 Å². The summed E-state index contributed by atoms with van der Waals surface area (Å²) in [6.45, 7) is 7.93. The van der Waals surface area contributed by atoms with Crippen LogP contribution in [-0.2, 0) is 4.79 Å². The molecule has 148 valence electrons. The van der Waals surface area contributed by atoms with Crippen molar-refractivity contribution in [3.63, 3.8) is 0 Å². The number of carbonyl (C=O) groups is 1. The molecule has 0 saturated carbocycles. The van der Waals surface area contributed by atoms with Gasteiger partial charge in [-0.25, -0.2) is 0 Å². The van der Waals surface area contributed by atoms with Gasteiger partial charge < -0.3 is 20.9 Å². The number of hydrogen-bond donors (Lipinski definition) is 3. The molecule has 4 aliphatic heterocycles. The monoisotopic (exact) mass is 363 g/mol. The number of nitrogens with zero attached hydrogens (tertiary/aromatic N) is 2. The van der Waals surface area contributed by atoms with Gasteiger partial charge in [0.25, 0.3) is 0 Å². The molecule has 0 aromatic heterocycles. The fraction of sp³-hybridized carbons (Fsp3) is 0.950. The van der Waals surface area contributed by atoms with Gasteiger partial charge in [-0.2, -0.15) is 0 Å². The van der Waals surface area contributed by atoms with E-state index < -0.39 is 0 Å². The van der Waals surface area contributed by atoms with Crippen molar-refractivity contribution in [2.45, 2.75) is 56.7 Å². The van der Waals surface area contributed by atoms with E-state index in [4.69, 9.17) is 0 Å². The van der Waals surface area contributed by atoms with Crippen molar-refractivity contribution in [2.24, 2.45) is 11.8 Å². The van der Waals surface area contributed by atoms with Gasteiger partial charge >= 0.3 is 0 Å². The zero-order valence-electron chi connectivity index (χ0n) is 16.4. The second-order valence-electron chi connectivity index (χ2n) is 9.07. The number of piperidine rings is 2. The molecule has 0 aromatic rings. The summed E-state index contributed by atoms with van der Waals surface area (Å²) in [5, 5.41) is 10.3. The van der Waals surface area contributed by atoms with Gasteiger partial charge in [-0.05, 0) is 90.1 Å². The molecule has 0 aromatic carbocycles. The first kappa shape index (κ1) is 18.7. The Balaban J connectivity index is 1.20. The molecule has 0 bridgehead atoms. The second kappa shape index (κ2) is 8.55. The summed E-state index contributed by atoms with van der Waals surface area (Å²) in [5.41, 5.74) is 0. The largest absolute Gasteiger partial charge is 0.351 e. The minimum absolute atomic E-state index is 0.0345. The first-order valence-corrected chi connectivity index (χ1v) is 10.9. The van der Waals surface area contributed by atoms with Crippen LogP contribution >= 0.6 is 0 Å². The van der Waals surface area contributed by atoms with Crippen LogP contribution in [0.25, 0.3) is 0 Å². The Hall–Kier alpha value is -0.690. The fourth-order valence-corrected chi connectivity index (χ4v) is 5.54. The number of likely N-dealkylation sites (tertiary alicyclic amines) is 2. The zero-order valence-corrected chi connectivity index (χ0v) is 16.4. The van der Waals surface area contributed by atoms with Gasteiger partial charge in [0.05, 0.1) is 6.04 Å². The molecule has 4 rings (SSSR count). The van der Waals surface area contributed by atoms with Gasteiger partial charge in [-0.1, -0.05) is 0 Å². The highest BCUT2D eigenvalue weighted by Crippen LogP contribution is 2.29. The molecule has 4 fully saturated rings. The molecule has 4 aliphatic rings. The predicted octanol–water partition coefficient (Wildman–Crippen LogP) is 0.249. The molecule has 1 amide bonds. The summed E-state index contributed by atoms with van der Waals surface area (Å²) >= 11 is 0. The van der Waals surface area contributed by atoms with Crippen LogP contribution in [-0.4, -0.2) is 86.7 Å². The highest BCUT2D eigenvalue weighted by molar-refractivity contribution is 5.82. The standard InChI is InChI=1S/C20H37N5O/c1-24-9-5-18(6-10-24)25-11-4-17(14-25)23-20(26)19-12-16(13-22-19)15-2-7-21-8-3-15/h15-19,21-22H,2-14H2,1H3,(H,23,26)/t16-,17?,19-/m0/s1. The Morgan fingerprint density at radius 1 is 1.00 bits per heavy atom. The van der Waals surface area contributed by atoms with Crippen LogP contribution in [0.4, 0.5) is 0 Å². The molecule has 0 spiro atoms. The van der Waals surface area contributed by atoms with Crippen LogP contribution < -0.4 is 16.0 Å². The van der Waals surface area contributed by atoms with Crippen LogP contribution in [0.2, 0.25) is 0 Å². The Morgan fingerprint density at radius 2 is 1.77 bits per heavy atom. The van der Waals surface area contributed by atoms with E-state index >= 15 is 0 Å². The van der Waals surface area contributed by atoms with Gasteiger partial charge in [0.2, 0.25) is 5.91 Å². The topological polar surface area (TPSA) is 59.6 Å². The van der Waals surface area contributed by atoms with Crippen molar-refractivity contribution in [1.82, 2.24) is 25.8 Å². The number of hydrogen-bond acceptors (Lipinski definition) is 5. The normalized spacial score (nSPS) is 35.8. The second-order valence-corrected chi connectivity index (χ2v) is 9.07. The lowest BCUT2D eigenvalue weighted by atomic mass is 9.83. The van der Waals surface area contributed by atoms with E-state index in [-0.39, 0.29) is 11.9 Å². The molecule has 26 heavy (non-hydrogen) atoms. The van der Waals surface area contributed by atoms with Crippen molar-refractivity contribution in [2.75, 3.05) is 52.9 Å². The van der Waals surface area contributed by atoms with Crippen molar-refractivity contribution in [1.29, 1.82) is 0 Å². The summed E-state index contributed by atoms with van der Waals surface area (Å²) in [7, 11) is 2.22. The molecule has 3 atom stereocenters. The maximum atomic E-state index is 12.7. The van der Waals surface area contributed by atoms with E-state index in [2.05, 4.69) is 32.8 Å². The van der Waals surface area contributed by atoms with Crippen LogP contribution in [0.1, 0.15) is 38.5 Å². The van der Waals surface area contributed by atoms with Crippen LogP contribution in [0, 0.1) is 11.8 Å². The summed E-state index contributed by atoms with van der Waals surface area (Å²) in [4.78, 5) is 17.8. The van der Waals surface area contributed by atoms with Crippen molar-refractivity contribution >= 4 is 5.91 Å². The van der Waals surface area contributed by atoms with E-state index in [1.807, 2.05) is 0 Å². The third kappa shape index (κ3) is 4.41. The predicted molar refractivity (Wildman–Crippen MR) is 104 cm³/mol. The third-order valence-electron chi connectivity index (χ3n) is 7.30. The highest BCUT2D eigenvalue weighted by atomic mass is 16.2. The van der Waals surface area contributed by atoms with Gasteiger partial charge in [0, 0.05) is 25.2 Å². The Kier molecular flexibility index (Phi) is 6.14. The number of amides is 1. The lowest BCUT2D eigenvalue weighted by Gasteiger charge is -2.35. The van der Waals surface area contributed by atoms with Gasteiger partial charge in [0.1, 0.15) is 0 Å². The average molecular weight is 364 g/mol. The lowest BCUT2D eigenvalue weighted by Crippen LogP contribution is -2.47. The maximum Gasteiger partial charge on any atom is 0.237 e. The summed E-state index contributed by atoms with van der Waals surface area (Å²) in [6, 6.07) is 1.11. The van der Waals surface area contributed by atoms with Crippen LogP contribution in [0.15, 0.2) is 0 Å². The highest BCUT2D eigenvalue weighted by Gasteiger charge is 2.36. The van der Waals surface area contributed by atoms with E-state index in [0.29, 0.717) is 12.0 Å². The number of carbonyl (C=O) groups excluding carboxylic acids is 1. The molecule has 4 saturated heterocycles. The number of nitrogens with one attached hydrogen (secondary N) is 3. The maximum absolute atomic E-state index is 12.7. The van der Waals surface area contributed by atoms with E-state index in [1.165, 1.54) is 38.8 Å². The first-order chi connectivity index (χ1) is 12.7. The average Bonchev–Trinajstić information content (AvgIpc) is 3.33. The molecule has 6 nitrogen and oxygen atoms in total. The van der Waals surface area contributed by atoms with Gasteiger partial charge in [0.15, 0.2) is 0 Å². The van der Waals surface area contributed by atoms with Crippen LogP contribution in [0.3, 0.4) is 0 Å². The molecule has 4 heterocycles. The lowest BCUT2D eigenvalue weighted by molar-refractivity contribution is -0.123. The van der Waals surface area contributed by atoms with Crippen molar-refractivity contribution in [3.05, 3.63) is 0 Å².